The Morgan fingerprint density at radius 3 is 2.33 bits per heavy atom. The van der Waals surface area contributed by atoms with Crippen LogP contribution in [0.5, 0.6) is 5.75 Å². The van der Waals surface area contributed by atoms with Gasteiger partial charge < -0.3 is 26.2 Å². The minimum Gasteiger partial charge on any atom is -0.508 e. The molecular weight excluding hydrogens is 464 g/mol. The second kappa shape index (κ2) is 8.45. The second-order valence-electron chi connectivity index (χ2n) is 10.4. The first-order valence-electron chi connectivity index (χ1n) is 12.6. The van der Waals surface area contributed by atoms with Crippen molar-refractivity contribution in [2.24, 2.45) is 17.6 Å². The molecule has 0 spiro atoms. The number of hydrogen-bond donors (Lipinski definition) is 5. The molecule has 2 unspecified atom stereocenters. The molecule has 6 N–H and O–H groups in total. The number of nitrogens with zero attached hydrogens (tertiary/aromatic N) is 1. The summed E-state index contributed by atoms with van der Waals surface area (Å²) < 4.78 is 0. The second-order valence-corrected chi connectivity index (χ2v) is 10.4. The Hall–Kier alpha value is -3.17. The van der Waals surface area contributed by atoms with Gasteiger partial charge in [0.2, 0.25) is 5.78 Å². The van der Waals surface area contributed by atoms with Gasteiger partial charge in [-0.1, -0.05) is 26.3 Å². The Balaban J connectivity index is 1.72. The van der Waals surface area contributed by atoms with Gasteiger partial charge in [-0.2, -0.15) is 0 Å². The van der Waals surface area contributed by atoms with Crippen molar-refractivity contribution in [3.05, 3.63) is 45.7 Å². The number of carbonyl (C=O) groups is 3. The smallest absolute Gasteiger partial charge is 0.255 e. The number of phenolic OH excluding ortho intramolecular Hbond substituents is 1. The molecular formula is C27H32N2O7. The zero-order valence-corrected chi connectivity index (χ0v) is 20.5. The number of ketones is 2. The van der Waals surface area contributed by atoms with E-state index in [9.17, 15) is 34.8 Å². The van der Waals surface area contributed by atoms with Crippen molar-refractivity contribution in [3.63, 3.8) is 0 Å². The number of amides is 1. The van der Waals surface area contributed by atoms with E-state index in [0.717, 1.165) is 30.4 Å². The van der Waals surface area contributed by atoms with Crippen LogP contribution in [0.15, 0.2) is 29.0 Å². The van der Waals surface area contributed by atoms with E-state index < -0.39 is 58.0 Å². The van der Waals surface area contributed by atoms with E-state index in [1.807, 2.05) is 19.9 Å². The first kappa shape index (κ1) is 24.5. The number of fused-ring (bicyclic) bond motifs is 3. The molecule has 192 valence electrons. The maximum Gasteiger partial charge on any atom is 0.255 e. The van der Waals surface area contributed by atoms with E-state index in [1.54, 1.807) is 4.90 Å². The molecule has 2 saturated carbocycles. The summed E-state index contributed by atoms with van der Waals surface area (Å²) in [5, 5.41) is 44.7. The van der Waals surface area contributed by atoms with Gasteiger partial charge in [0.1, 0.15) is 22.8 Å². The van der Waals surface area contributed by atoms with E-state index in [-0.39, 0.29) is 23.3 Å². The highest BCUT2D eigenvalue weighted by Gasteiger charge is 2.64. The highest BCUT2D eigenvalue weighted by atomic mass is 16.3. The van der Waals surface area contributed by atoms with Gasteiger partial charge in [0.05, 0.1) is 11.6 Å². The van der Waals surface area contributed by atoms with Crippen LogP contribution in [0.2, 0.25) is 0 Å². The average Bonchev–Trinajstić information content (AvgIpc) is 2.79. The molecule has 4 aliphatic carbocycles. The molecule has 36 heavy (non-hydrogen) atoms. The third-order valence-electron chi connectivity index (χ3n) is 8.83. The van der Waals surface area contributed by atoms with Gasteiger partial charge in [0.15, 0.2) is 11.4 Å². The number of benzene rings is 1. The van der Waals surface area contributed by atoms with Gasteiger partial charge in [0.25, 0.3) is 5.91 Å². The summed E-state index contributed by atoms with van der Waals surface area (Å²) in [4.78, 5) is 41.3. The van der Waals surface area contributed by atoms with Crippen LogP contribution in [0, 0.1) is 11.8 Å². The van der Waals surface area contributed by atoms with E-state index in [4.69, 9.17) is 5.73 Å². The molecule has 0 aliphatic heterocycles. The SMILES string of the molecule is CCN(CC)[C@H]1C(=O)C(C(N)=O)=C(O)[C@@]2(O)C(=O)C3=C(O)c4c(O)ccc(C5CCC5)c4CC3CC12. The van der Waals surface area contributed by atoms with Crippen molar-refractivity contribution in [2.75, 3.05) is 13.1 Å². The summed E-state index contributed by atoms with van der Waals surface area (Å²) in [6.45, 7) is 4.46. The lowest BCUT2D eigenvalue weighted by atomic mass is 9.57. The minimum absolute atomic E-state index is 0.106. The first-order valence-corrected chi connectivity index (χ1v) is 12.6. The number of rotatable bonds is 5. The van der Waals surface area contributed by atoms with Crippen molar-refractivity contribution in [1.82, 2.24) is 4.90 Å². The molecule has 9 nitrogen and oxygen atoms in total. The Morgan fingerprint density at radius 1 is 1.11 bits per heavy atom. The van der Waals surface area contributed by atoms with Crippen molar-refractivity contribution >= 4 is 23.2 Å². The summed E-state index contributed by atoms with van der Waals surface area (Å²) in [5.41, 5.74) is 3.90. The largest absolute Gasteiger partial charge is 0.508 e. The van der Waals surface area contributed by atoms with Crippen molar-refractivity contribution in [3.8, 4) is 5.75 Å². The van der Waals surface area contributed by atoms with Crippen molar-refractivity contribution in [1.29, 1.82) is 0 Å². The van der Waals surface area contributed by atoms with Gasteiger partial charge in [0, 0.05) is 11.5 Å². The predicted molar refractivity (Wildman–Crippen MR) is 130 cm³/mol. The fourth-order valence-electron chi connectivity index (χ4n) is 6.81. The van der Waals surface area contributed by atoms with Crippen molar-refractivity contribution < 1.29 is 34.8 Å². The fourth-order valence-corrected chi connectivity index (χ4v) is 6.81. The third-order valence-corrected chi connectivity index (χ3v) is 8.83. The number of aromatic hydroxyl groups is 1. The van der Waals surface area contributed by atoms with Gasteiger partial charge in [-0.05, 0) is 67.8 Å². The number of hydrogen-bond acceptors (Lipinski definition) is 8. The van der Waals surface area contributed by atoms with Crippen LogP contribution in [0.3, 0.4) is 0 Å². The lowest BCUT2D eigenvalue weighted by molar-refractivity contribution is -0.154. The molecule has 0 saturated heterocycles. The molecule has 1 amide bonds. The molecule has 9 heteroatoms. The molecule has 1 aromatic rings. The molecule has 1 aromatic carbocycles. The normalized spacial score (nSPS) is 30.2. The number of likely N-dealkylation sites (N-methyl/N-ethyl adjacent to an activating group) is 1. The van der Waals surface area contributed by atoms with Crippen LogP contribution >= 0.6 is 0 Å². The minimum atomic E-state index is -2.61. The van der Waals surface area contributed by atoms with Gasteiger partial charge in [-0.25, -0.2) is 0 Å². The van der Waals surface area contributed by atoms with Crippen LogP contribution in [-0.2, 0) is 20.8 Å². The van der Waals surface area contributed by atoms with E-state index in [0.29, 0.717) is 25.4 Å². The molecule has 5 rings (SSSR count). The molecule has 0 aromatic heterocycles. The van der Waals surface area contributed by atoms with Crippen LogP contribution < -0.4 is 5.73 Å². The zero-order valence-electron chi connectivity index (χ0n) is 20.5. The number of primary amides is 1. The average molecular weight is 497 g/mol. The molecule has 0 heterocycles. The van der Waals surface area contributed by atoms with Crippen molar-refractivity contribution in [2.45, 2.75) is 63.5 Å². The standard InChI is InChI=1S/C27H32N2O7/c1-3-29(4-2)21-16-11-13-10-15-14(12-6-5-7-12)8-9-17(30)19(15)22(31)18(13)24(33)27(16,36)25(34)20(23(21)32)26(28)35/h8-9,12-13,16,21,30-31,34,36H,3-7,10-11H2,1-2H3,(H2,28,35)/t13?,16?,21-,27+/m1/s1. The predicted octanol–water partition coefficient (Wildman–Crippen LogP) is 2.01. The van der Waals surface area contributed by atoms with Gasteiger partial charge in [-0.3, -0.25) is 19.3 Å². The third kappa shape index (κ3) is 3.12. The van der Waals surface area contributed by atoms with Crippen LogP contribution in [-0.4, -0.2) is 67.5 Å². The fraction of sp³-hybridized carbons (Fsp3) is 0.519. The van der Waals surface area contributed by atoms with Crippen LogP contribution in [0.4, 0.5) is 0 Å². The Kier molecular flexibility index (Phi) is 5.76. The number of nitrogens with two attached hydrogens (primary N) is 1. The van der Waals surface area contributed by atoms with E-state index >= 15 is 0 Å². The van der Waals surface area contributed by atoms with Crippen LogP contribution in [0.1, 0.15) is 62.1 Å². The molecule has 0 radical (unpaired) electrons. The lowest BCUT2D eigenvalue weighted by Gasteiger charge is -2.51. The molecule has 0 bridgehead atoms. The van der Waals surface area contributed by atoms with E-state index in [2.05, 4.69) is 0 Å². The number of carbonyl (C=O) groups excluding carboxylic acids is 3. The zero-order chi connectivity index (χ0) is 26.1. The maximum absolute atomic E-state index is 13.9. The highest BCUT2D eigenvalue weighted by molar-refractivity contribution is 6.24. The van der Waals surface area contributed by atoms with E-state index in [1.165, 1.54) is 6.07 Å². The van der Waals surface area contributed by atoms with Gasteiger partial charge in [-0.15, -0.1) is 0 Å². The molecule has 4 aliphatic rings. The Bertz CT molecular complexity index is 1240. The number of Topliss-reactive ketones (excluding diaryl/α,β-unsaturated/α-hetero) is 2. The van der Waals surface area contributed by atoms with Crippen LogP contribution in [0.25, 0.3) is 5.76 Å². The maximum atomic E-state index is 13.9. The summed E-state index contributed by atoms with van der Waals surface area (Å²) in [7, 11) is 0. The molecule has 2 fully saturated rings. The summed E-state index contributed by atoms with van der Waals surface area (Å²) in [5.74, 6) is -5.85. The summed E-state index contributed by atoms with van der Waals surface area (Å²) in [6, 6.07) is 2.33. The molecule has 4 atom stereocenters. The quantitative estimate of drug-likeness (QED) is 0.387. The Morgan fingerprint density at radius 2 is 1.78 bits per heavy atom. The number of aliphatic hydroxyl groups is 3. The summed E-state index contributed by atoms with van der Waals surface area (Å²) in [6.07, 6.45) is 3.58. The first-order chi connectivity index (χ1) is 17.1. The van der Waals surface area contributed by atoms with Gasteiger partial charge >= 0.3 is 0 Å². The summed E-state index contributed by atoms with van der Waals surface area (Å²) >= 11 is 0. The highest BCUT2D eigenvalue weighted by Crippen LogP contribution is 2.54. The topological polar surface area (TPSA) is 161 Å². The monoisotopic (exact) mass is 496 g/mol. The Labute approximate surface area is 208 Å². The lowest BCUT2D eigenvalue weighted by Crippen LogP contribution is -2.66. The number of aliphatic hydroxyl groups excluding tert-OH is 2. The number of phenols is 1.